The monoisotopic (exact) mass is 278 g/mol. The average Bonchev–Trinajstić information content (AvgIpc) is 2.18. The second kappa shape index (κ2) is 5.80. The maximum atomic E-state index is 11.0. The maximum Gasteiger partial charge on any atom is 0.317 e. The van der Waals surface area contributed by atoms with Gasteiger partial charge in [0.1, 0.15) is 5.25 Å². The van der Waals surface area contributed by atoms with Crippen LogP contribution in [0.5, 0.6) is 0 Å². The lowest BCUT2D eigenvalue weighted by molar-refractivity contribution is -0.137. The van der Waals surface area contributed by atoms with Gasteiger partial charge >= 0.3 is 5.97 Å². The van der Waals surface area contributed by atoms with E-state index in [1.54, 1.807) is 18.2 Å². The number of halogens is 2. The highest BCUT2D eigenvalue weighted by Gasteiger charge is 2.23. The molecule has 0 amide bonds. The van der Waals surface area contributed by atoms with E-state index in [0.717, 1.165) is 0 Å². The van der Waals surface area contributed by atoms with Gasteiger partial charge in [-0.15, -0.1) is 11.8 Å². The van der Waals surface area contributed by atoms with Crippen LogP contribution in [0.2, 0.25) is 10.0 Å². The molecule has 0 aliphatic carbocycles. The third-order valence-corrected chi connectivity index (χ3v) is 4.26. The van der Waals surface area contributed by atoms with E-state index in [9.17, 15) is 4.79 Å². The highest BCUT2D eigenvalue weighted by Crippen LogP contribution is 2.35. The van der Waals surface area contributed by atoms with Gasteiger partial charge in [-0.05, 0) is 24.1 Å². The van der Waals surface area contributed by atoms with Gasteiger partial charge in [-0.1, -0.05) is 37.0 Å². The van der Waals surface area contributed by atoms with Gasteiger partial charge in [0.15, 0.2) is 0 Å². The molecule has 0 aromatic heterocycles. The van der Waals surface area contributed by atoms with Crippen LogP contribution in [0.15, 0.2) is 23.1 Å². The zero-order valence-corrected chi connectivity index (χ0v) is 11.2. The van der Waals surface area contributed by atoms with E-state index < -0.39 is 11.2 Å². The lowest BCUT2D eigenvalue weighted by Gasteiger charge is -2.16. The molecule has 0 radical (unpaired) electrons. The van der Waals surface area contributed by atoms with Crippen LogP contribution in [0.25, 0.3) is 0 Å². The summed E-state index contributed by atoms with van der Waals surface area (Å²) in [5.74, 6) is -0.811. The molecule has 0 fully saturated rings. The minimum atomic E-state index is -0.837. The van der Waals surface area contributed by atoms with Gasteiger partial charge in [-0.2, -0.15) is 0 Å². The number of carbonyl (C=O) groups is 1. The van der Waals surface area contributed by atoms with Gasteiger partial charge in [0.25, 0.3) is 0 Å². The van der Waals surface area contributed by atoms with E-state index >= 15 is 0 Å². The summed E-state index contributed by atoms with van der Waals surface area (Å²) in [6.07, 6.45) is 0. The lowest BCUT2D eigenvalue weighted by Crippen LogP contribution is -2.22. The Bertz CT molecular complexity index is 394. The number of rotatable bonds is 4. The van der Waals surface area contributed by atoms with Crippen molar-refractivity contribution in [2.45, 2.75) is 24.0 Å². The van der Waals surface area contributed by atoms with Crippen molar-refractivity contribution in [2.24, 2.45) is 5.92 Å². The van der Waals surface area contributed by atoms with Crippen LogP contribution in [0.4, 0.5) is 0 Å². The molecule has 1 aromatic carbocycles. The fourth-order valence-corrected chi connectivity index (χ4v) is 2.69. The van der Waals surface area contributed by atoms with Crippen LogP contribution in [0.1, 0.15) is 13.8 Å². The number of hydrogen-bond donors (Lipinski definition) is 1. The van der Waals surface area contributed by atoms with Crippen LogP contribution in [-0.2, 0) is 4.79 Å². The van der Waals surface area contributed by atoms with Gasteiger partial charge < -0.3 is 5.11 Å². The largest absolute Gasteiger partial charge is 0.480 e. The molecule has 0 aliphatic heterocycles. The molecule has 0 bridgehead atoms. The van der Waals surface area contributed by atoms with Crippen molar-refractivity contribution in [1.82, 2.24) is 0 Å². The Morgan fingerprint density at radius 2 is 2.00 bits per heavy atom. The van der Waals surface area contributed by atoms with Crippen molar-refractivity contribution in [3.63, 3.8) is 0 Å². The highest BCUT2D eigenvalue weighted by atomic mass is 35.5. The summed E-state index contributed by atoms with van der Waals surface area (Å²) in [5, 5.41) is 9.63. The van der Waals surface area contributed by atoms with E-state index in [0.29, 0.717) is 14.9 Å². The molecule has 0 saturated carbocycles. The number of benzene rings is 1. The van der Waals surface area contributed by atoms with Gasteiger partial charge in [0.05, 0.1) is 5.02 Å². The standard InChI is InChI=1S/C11H12Cl2O2S/c1-6(2)10(11(14)15)16-9-5-7(12)3-4-8(9)13/h3-6,10H,1-2H3,(H,14,15). The number of carboxylic acids is 1. The maximum absolute atomic E-state index is 11.0. The van der Waals surface area contributed by atoms with E-state index in [-0.39, 0.29) is 5.92 Å². The molecule has 0 heterocycles. The molecular weight excluding hydrogens is 267 g/mol. The molecule has 1 aromatic rings. The molecule has 1 atom stereocenters. The first-order valence-corrected chi connectivity index (χ1v) is 6.40. The molecule has 5 heteroatoms. The zero-order chi connectivity index (χ0) is 12.3. The quantitative estimate of drug-likeness (QED) is 0.839. The summed E-state index contributed by atoms with van der Waals surface area (Å²) in [6, 6.07) is 5.04. The summed E-state index contributed by atoms with van der Waals surface area (Å²) in [5.41, 5.74) is 0. The van der Waals surface area contributed by atoms with Crippen LogP contribution in [0.3, 0.4) is 0 Å². The second-order valence-corrected chi connectivity index (χ2v) is 5.72. The minimum absolute atomic E-state index is 0.0255. The van der Waals surface area contributed by atoms with Crippen molar-refractivity contribution in [1.29, 1.82) is 0 Å². The van der Waals surface area contributed by atoms with E-state index in [4.69, 9.17) is 28.3 Å². The predicted octanol–water partition coefficient (Wildman–Crippen LogP) is 4.19. The summed E-state index contributed by atoms with van der Waals surface area (Å²) in [6.45, 7) is 3.73. The van der Waals surface area contributed by atoms with Gasteiger partial charge in [0, 0.05) is 9.92 Å². The molecular formula is C11H12Cl2O2S. The number of thioether (sulfide) groups is 1. The minimum Gasteiger partial charge on any atom is -0.480 e. The first-order valence-electron chi connectivity index (χ1n) is 4.76. The van der Waals surface area contributed by atoms with Crippen LogP contribution >= 0.6 is 35.0 Å². The molecule has 0 aliphatic rings. The highest BCUT2D eigenvalue weighted by molar-refractivity contribution is 8.00. The van der Waals surface area contributed by atoms with Gasteiger partial charge in [0.2, 0.25) is 0 Å². The smallest absolute Gasteiger partial charge is 0.317 e. The Hall–Kier alpha value is -0.380. The first-order chi connectivity index (χ1) is 7.41. The van der Waals surface area contributed by atoms with Crippen LogP contribution in [-0.4, -0.2) is 16.3 Å². The number of hydrogen-bond acceptors (Lipinski definition) is 2. The van der Waals surface area contributed by atoms with Crippen molar-refractivity contribution < 1.29 is 9.90 Å². The topological polar surface area (TPSA) is 37.3 Å². The fourth-order valence-electron chi connectivity index (χ4n) is 1.18. The Kier molecular flexibility index (Phi) is 4.96. The molecule has 1 rings (SSSR count). The van der Waals surface area contributed by atoms with Crippen molar-refractivity contribution in [2.75, 3.05) is 0 Å². The number of carboxylic acid groups (broad SMARTS) is 1. The van der Waals surface area contributed by atoms with E-state index in [1.165, 1.54) is 11.8 Å². The Balaban J connectivity index is 2.93. The summed E-state index contributed by atoms with van der Waals surface area (Å²) in [7, 11) is 0. The SMILES string of the molecule is CC(C)C(Sc1cc(Cl)ccc1Cl)C(=O)O. The first kappa shape index (κ1) is 13.7. The Morgan fingerprint density at radius 1 is 1.38 bits per heavy atom. The molecule has 1 unspecified atom stereocenters. The summed E-state index contributed by atoms with van der Waals surface area (Å²) in [4.78, 5) is 11.7. The number of aliphatic carboxylic acids is 1. The third kappa shape index (κ3) is 3.58. The Labute approximate surface area is 109 Å². The lowest BCUT2D eigenvalue weighted by atomic mass is 10.1. The average molecular weight is 279 g/mol. The predicted molar refractivity (Wildman–Crippen MR) is 68.6 cm³/mol. The summed E-state index contributed by atoms with van der Waals surface area (Å²) >= 11 is 13.0. The van der Waals surface area contributed by atoms with Crippen molar-refractivity contribution in [3.8, 4) is 0 Å². The van der Waals surface area contributed by atoms with E-state index in [1.807, 2.05) is 13.8 Å². The van der Waals surface area contributed by atoms with Crippen LogP contribution < -0.4 is 0 Å². The second-order valence-electron chi connectivity index (χ2n) is 3.70. The zero-order valence-electron chi connectivity index (χ0n) is 8.91. The molecule has 2 nitrogen and oxygen atoms in total. The molecule has 16 heavy (non-hydrogen) atoms. The summed E-state index contributed by atoms with van der Waals surface area (Å²) < 4.78 is 0. The van der Waals surface area contributed by atoms with Crippen molar-refractivity contribution in [3.05, 3.63) is 28.2 Å². The van der Waals surface area contributed by atoms with E-state index in [2.05, 4.69) is 0 Å². The molecule has 0 saturated heterocycles. The van der Waals surface area contributed by atoms with Crippen LogP contribution in [0, 0.1) is 5.92 Å². The molecule has 88 valence electrons. The van der Waals surface area contributed by atoms with Gasteiger partial charge in [-0.25, -0.2) is 0 Å². The fraction of sp³-hybridized carbons (Fsp3) is 0.364. The normalized spacial score (nSPS) is 12.8. The molecule has 0 spiro atoms. The third-order valence-electron chi connectivity index (χ3n) is 2.00. The Morgan fingerprint density at radius 3 is 2.50 bits per heavy atom. The van der Waals surface area contributed by atoms with Crippen molar-refractivity contribution >= 4 is 40.9 Å². The van der Waals surface area contributed by atoms with Gasteiger partial charge in [-0.3, -0.25) is 4.79 Å². The molecule has 1 N–H and O–H groups in total.